The predicted octanol–water partition coefficient (Wildman–Crippen LogP) is 0.991. The standard InChI is InChI=1S/C12H20N4O2S2/c1-5-18-9(17)6-20-8(2)14-11-10(13)12(19)16(4)7-15(11)3/h5-7,13H2,1-4H3/b14-8+. The molecule has 6 nitrogen and oxygen atoms in total. The molecule has 0 aromatic heterocycles. The summed E-state index contributed by atoms with van der Waals surface area (Å²) in [5.41, 5.74) is 6.48. The summed E-state index contributed by atoms with van der Waals surface area (Å²) < 4.78 is 4.87. The smallest absolute Gasteiger partial charge is 0.316 e. The molecule has 0 unspecified atom stereocenters. The van der Waals surface area contributed by atoms with Crippen LogP contribution in [-0.4, -0.2) is 58.9 Å². The SMILES string of the molecule is CCOC(=O)CS/C(C)=N/C1=C(N)C(=S)N(C)CN1C. The Morgan fingerprint density at radius 2 is 2.15 bits per heavy atom. The molecule has 0 amide bonds. The van der Waals surface area contributed by atoms with Crippen LogP contribution in [0.1, 0.15) is 13.8 Å². The van der Waals surface area contributed by atoms with E-state index in [-0.39, 0.29) is 11.7 Å². The van der Waals surface area contributed by atoms with Crippen molar-refractivity contribution in [1.82, 2.24) is 9.80 Å². The van der Waals surface area contributed by atoms with E-state index in [1.165, 1.54) is 11.8 Å². The van der Waals surface area contributed by atoms with Crippen LogP contribution >= 0.6 is 24.0 Å². The van der Waals surface area contributed by atoms with Crippen LogP contribution in [-0.2, 0) is 9.53 Å². The van der Waals surface area contributed by atoms with E-state index in [2.05, 4.69) is 4.99 Å². The van der Waals surface area contributed by atoms with Gasteiger partial charge in [0.25, 0.3) is 0 Å². The van der Waals surface area contributed by atoms with Crippen molar-refractivity contribution in [3.63, 3.8) is 0 Å². The molecule has 1 aliphatic heterocycles. The normalized spacial score (nSPS) is 16.8. The number of esters is 1. The third kappa shape index (κ3) is 4.38. The third-order valence-corrected chi connectivity index (χ3v) is 3.99. The van der Waals surface area contributed by atoms with Crippen LogP contribution in [0.2, 0.25) is 0 Å². The lowest BCUT2D eigenvalue weighted by Crippen LogP contribution is -2.44. The first-order valence-electron chi connectivity index (χ1n) is 6.16. The number of thiocarbonyl (C=S) groups is 1. The van der Waals surface area contributed by atoms with Gasteiger partial charge in [-0.15, -0.1) is 0 Å². The molecule has 0 saturated heterocycles. The van der Waals surface area contributed by atoms with Gasteiger partial charge in [0.1, 0.15) is 10.7 Å². The van der Waals surface area contributed by atoms with Crippen LogP contribution in [0.25, 0.3) is 0 Å². The van der Waals surface area contributed by atoms with E-state index < -0.39 is 0 Å². The summed E-state index contributed by atoms with van der Waals surface area (Å²) in [6, 6.07) is 0. The molecule has 0 bridgehead atoms. The fraction of sp³-hybridized carbons (Fsp3) is 0.583. The molecular formula is C12H20N4O2S2. The molecule has 0 aromatic rings. The zero-order valence-electron chi connectivity index (χ0n) is 12.2. The van der Waals surface area contributed by atoms with Crippen molar-refractivity contribution < 1.29 is 9.53 Å². The minimum Gasteiger partial charge on any atom is -0.465 e. The summed E-state index contributed by atoms with van der Waals surface area (Å²) >= 11 is 6.57. The summed E-state index contributed by atoms with van der Waals surface area (Å²) in [7, 11) is 3.78. The summed E-state index contributed by atoms with van der Waals surface area (Å²) in [6.45, 7) is 4.63. The molecule has 1 rings (SSSR count). The second kappa shape index (κ2) is 7.49. The Bertz CT molecular complexity index is 462. The minimum atomic E-state index is -0.249. The molecule has 0 aliphatic carbocycles. The van der Waals surface area contributed by atoms with Crippen molar-refractivity contribution in [2.45, 2.75) is 13.8 Å². The van der Waals surface area contributed by atoms with E-state index in [0.29, 0.717) is 29.8 Å². The maximum atomic E-state index is 11.3. The largest absolute Gasteiger partial charge is 0.465 e. The molecule has 0 spiro atoms. The van der Waals surface area contributed by atoms with Gasteiger partial charge in [0, 0.05) is 14.1 Å². The fourth-order valence-electron chi connectivity index (χ4n) is 1.65. The summed E-state index contributed by atoms with van der Waals surface area (Å²) in [4.78, 5) is 20.1. The number of thioether (sulfide) groups is 1. The van der Waals surface area contributed by atoms with Crippen molar-refractivity contribution in [2.75, 3.05) is 33.1 Å². The Labute approximate surface area is 129 Å². The van der Waals surface area contributed by atoms with Crippen molar-refractivity contribution in [1.29, 1.82) is 0 Å². The molecule has 8 heteroatoms. The van der Waals surface area contributed by atoms with Crippen LogP contribution in [0.4, 0.5) is 0 Å². The van der Waals surface area contributed by atoms with Gasteiger partial charge >= 0.3 is 5.97 Å². The van der Waals surface area contributed by atoms with Crippen molar-refractivity contribution in [2.24, 2.45) is 10.7 Å². The maximum absolute atomic E-state index is 11.3. The molecule has 2 N–H and O–H groups in total. The summed E-state index contributed by atoms with van der Waals surface area (Å²) in [6.07, 6.45) is 0. The predicted molar refractivity (Wildman–Crippen MR) is 86.4 cm³/mol. The Morgan fingerprint density at radius 1 is 1.50 bits per heavy atom. The van der Waals surface area contributed by atoms with Gasteiger partial charge in [-0.3, -0.25) is 4.79 Å². The number of carbonyl (C=O) groups is 1. The van der Waals surface area contributed by atoms with E-state index in [4.69, 9.17) is 22.7 Å². The van der Waals surface area contributed by atoms with Crippen LogP contribution in [0.3, 0.4) is 0 Å². The Morgan fingerprint density at radius 3 is 2.75 bits per heavy atom. The quantitative estimate of drug-likeness (QED) is 0.359. The topological polar surface area (TPSA) is 71.2 Å². The van der Waals surface area contributed by atoms with E-state index >= 15 is 0 Å². The summed E-state index contributed by atoms with van der Waals surface area (Å²) in [5.74, 6) is 0.632. The highest BCUT2D eigenvalue weighted by atomic mass is 32.2. The van der Waals surface area contributed by atoms with E-state index in [0.717, 1.165) is 5.04 Å². The Kier molecular flexibility index (Phi) is 6.28. The van der Waals surface area contributed by atoms with Crippen LogP contribution in [0.5, 0.6) is 0 Å². The highest BCUT2D eigenvalue weighted by molar-refractivity contribution is 8.14. The number of carbonyl (C=O) groups excluding carboxylic acids is 1. The number of rotatable bonds is 4. The second-order valence-corrected chi connectivity index (χ2v) is 5.86. The zero-order valence-corrected chi connectivity index (χ0v) is 13.8. The lowest BCUT2D eigenvalue weighted by Gasteiger charge is -2.34. The van der Waals surface area contributed by atoms with Crippen molar-refractivity contribution in [3.8, 4) is 0 Å². The number of aliphatic imine (C=N–C) groups is 1. The summed E-state index contributed by atoms with van der Waals surface area (Å²) in [5, 5.41) is 0.746. The molecule has 112 valence electrons. The number of hydrogen-bond donors (Lipinski definition) is 1. The number of ether oxygens (including phenoxy) is 1. The monoisotopic (exact) mass is 316 g/mol. The fourth-order valence-corrected chi connectivity index (χ4v) is 2.36. The molecular weight excluding hydrogens is 296 g/mol. The highest BCUT2D eigenvalue weighted by Crippen LogP contribution is 2.18. The van der Waals surface area contributed by atoms with Crippen molar-refractivity contribution in [3.05, 3.63) is 11.5 Å². The second-order valence-electron chi connectivity index (χ2n) is 4.30. The maximum Gasteiger partial charge on any atom is 0.316 e. The van der Waals surface area contributed by atoms with Gasteiger partial charge in [-0.1, -0.05) is 24.0 Å². The van der Waals surface area contributed by atoms with Gasteiger partial charge in [-0.25, -0.2) is 4.99 Å². The van der Waals surface area contributed by atoms with Gasteiger partial charge < -0.3 is 20.3 Å². The van der Waals surface area contributed by atoms with Crippen LogP contribution in [0, 0.1) is 0 Å². The van der Waals surface area contributed by atoms with E-state index in [1.807, 2.05) is 30.8 Å². The molecule has 0 aromatic carbocycles. The first-order chi connectivity index (χ1) is 9.36. The molecule has 0 saturated carbocycles. The molecule has 1 heterocycles. The van der Waals surface area contributed by atoms with Gasteiger partial charge in [0.15, 0.2) is 5.82 Å². The number of nitrogens with zero attached hydrogens (tertiary/aromatic N) is 3. The molecule has 0 fully saturated rings. The minimum absolute atomic E-state index is 0.240. The Hall–Kier alpha value is -1.28. The average molecular weight is 316 g/mol. The van der Waals surface area contributed by atoms with Gasteiger partial charge in [0.2, 0.25) is 0 Å². The Balaban J connectivity index is 2.76. The molecule has 0 atom stereocenters. The van der Waals surface area contributed by atoms with Gasteiger partial charge in [-0.2, -0.15) is 0 Å². The lowest BCUT2D eigenvalue weighted by molar-refractivity contribution is -0.139. The number of likely N-dealkylation sites (N-methyl/N-ethyl adjacent to an activating group) is 1. The molecule has 1 aliphatic rings. The van der Waals surface area contributed by atoms with Gasteiger partial charge in [0.05, 0.1) is 24.1 Å². The zero-order chi connectivity index (χ0) is 15.3. The van der Waals surface area contributed by atoms with E-state index in [1.54, 1.807) is 6.92 Å². The van der Waals surface area contributed by atoms with Crippen LogP contribution < -0.4 is 5.73 Å². The first-order valence-corrected chi connectivity index (χ1v) is 7.56. The molecule has 0 radical (unpaired) electrons. The molecule has 20 heavy (non-hydrogen) atoms. The van der Waals surface area contributed by atoms with Gasteiger partial charge in [-0.05, 0) is 13.8 Å². The van der Waals surface area contributed by atoms with Crippen molar-refractivity contribution >= 4 is 40.0 Å². The lowest BCUT2D eigenvalue weighted by atomic mass is 10.3. The number of hydrogen-bond acceptors (Lipinski definition) is 7. The van der Waals surface area contributed by atoms with Crippen LogP contribution in [0.15, 0.2) is 16.5 Å². The van der Waals surface area contributed by atoms with E-state index in [9.17, 15) is 4.79 Å². The third-order valence-electron chi connectivity index (χ3n) is 2.57. The first kappa shape index (κ1) is 16.8. The number of nitrogens with two attached hydrogens (primary N) is 1. The highest BCUT2D eigenvalue weighted by Gasteiger charge is 2.22. The average Bonchev–Trinajstić information content (AvgIpc) is 2.39.